The van der Waals surface area contributed by atoms with E-state index < -0.39 is 0 Å². The summed E-state index contributed by atoms with van der Waals surface area (Å²) in [4.78, 5) is 24.5. The van der Waals surface area contributed by atoms with E-state index in [-0.39, 0.29) is 29.6 Å². The third-order valence-corrected chi connectivity index (χ3v) is 5.30. The number of hydrogen-bond acceptors (Lipinski definition) is 5. The second-order valence-corrected chi connectivity index (χ2v) is 7.41. The second kappa shape index (κ2) is 9.08. The minimum absolute atomic E-state index is 0.0154. The highest BCUT2D eigenvalue weighted by Gasteiger charge is 2.32. The van der Waals surface area contributed by atoms with Gasteiger partial charge in [-0.25, -0.2) is 0 Å². The van der Waals surface area contributed by atoms with Gasteiger partial charge in [-0.2, -0.15) is 0 Å². The van der Waals surface area contributed by atoms with Gasteiger partial charge in [-0.05, 0) is 56.2 Å². The van der Waals surface area contributed by atoms with Crippen molar-refractivity contribution >= 4 is 11.8 Å². The van der Waals surface area contributed by atoms with Crippen molar-refractivity contribution in [3.63, 3.8) is 0 Å². The third kappa shape index (κ3) is 5.35. The number of nitrogens with one attached hydrogen (secondary N) is 2. The number of rotatable bonds is 7. The number of phenols is 1. The first-order valence-electron chi connectivity index (χ1n) is 9.60. The van der Waals surface area contributed by atoms with Gasteiger partial charge < -0.3 is 25.2 Å². The Labute approximate surface area is 159 Å². The van der Waals surface area contributed by atoms with Gasteiger partial charge in [-0.1, -0.05) is 0 Å². The Balaban J connectivity index is 1.37. The molecule has 1 aliphatic carbocycles. The van der Waals surface area contributed by atoms with Crippen LogP contribution in [-0.4, -0.2) is 49.3 Å². The largest absolute Gasteiger partial charge is 0.508 e. The molecule has 7 nitrogen and oxygen atoms in total. The molecule has 1 saturated carbocycles. The zero-order valence-corrected chi connectivity index (χ0v) is 15.7. The molecule has 148 valence electrons. The molecule has 0 aromatic heterocycles. The van der Waals surface area contributed by atoms with Crippen LogP contribution in [0.15, 0.2) is 18.2 Å². The van der Waals surface area contributed by atoms with Crippen LogP contribution in [0.2, 0.25) is 0 Å². The van der Waals surface area contributed by atoms with Crippen LogP contribution in [0.4, 0.5) is 0 Å². The Bertz CT molecular complexity index is 666. The average molecular weight is 376 g/mol. The van der Waals surface area contributed by atoms with Crippen LogP contribution in [0.5, 0.6) is 11.5 Å². The maximum Gasteiger partial charge on any atom is 0.255 e. The molecule has 1 heterocycles. The van der Waals surface area contributed by atoms with Crippen molar-refractivity contribution < 1.29 is 24.2 Å². The van der Waals surface area contributed by atoms with E-state index in [4.69, 9.17) is 9.47 Å². The lowest BCUT2D eigenvalue weighted by Gasteiger charge is -2.36. The van der Waals surface area contributed by atoms with Crippen LogP contribution >= 0.6 is 0 Å². The molecule has 2 amide bonds. The lowest BCUT2D eigenvalue weighted by Crippen LogP contribution is -2.53. The van der Waals surface area contributed by atoms with Gasteiger partial charge in [0.05, 0.1) is 12.7 Å². The Hall–Kier alpha value is -2.28. The van der Waals surface area contributed by atoms with Gasteiger partial charge in [0.25, 0.3) is 5.91 Å². The molecule has 2 aliphatic rings. The van der Waals surface area contributed by atoms with Gasteiger partial charge in [0.2, 0.25) is 5.91 Å². The number of phenolic OH excluding ortho intramolecular Hbond substituents is 1. The van der Waals surface area contributed by atoms with Crippen molar-refractivity contribution in [2.45, 2.75) is 50.6 Å². The van der Waals surface area contributed by atoms with Crippen molar-refractivity contribution in [2.75, 3.05) is 20.3 Å². The highest BCUT2D eigenvalue weighted by atomic mass is 16.5. The lowest BCUT2D eigenvalue weighted by molar-refractivity contribution is -0.122. The van der Waals surface area contributed by atoms with Gasteiger partial charge in [0, 0.05) is 31.7 Å². The molecular formula is C20H28N2O5. The van der Waals surface area contributed by atoms with Crippen molar-refractivity contribution in [3.05, 3.63) is 23.8 Å². The maximum atomic E-state index is 12.4. The summed E-state index contributed by atoms with van der Waals surface area (Å²) in [7, 11) is 1.48. The fourth-order valence-corrected chi connectivity index (χ4v) is 3.66. The van der Waals surface area contributed by atoms with Crippen LogP contribution in [0.1, 0.15) is 48.9 Å². The number of methoxy groups -OCH3 is 1. The highest BCUT2D eigenvalue weighted by molar-refractivity contribution is 5.97. The summed E-state index contributed by atoms with van der Waals surface area (Å²) in [5, 5.41) is 15.5. The number of ether oxygens (including phenoxy) is 2. The van der Waals surface area contributed by atoms with Crippen molar-refractivity contribution in [1.82, 2.24) is 10.6 Å². The van der Waals surface area contributed by atoms with E-state index >= 15 is 0 Å². The Morgan fingerprint density at radius 3 is 2.74 bits per heavy atom. The molecule has 1 aliphatic heterocycles. The topological polar surface area (TPSA) is 96.9 Å². The normalized spacial score (nSPS) is 24.6. The fraction of sp³-hybridized carbons (Fsp3) is 0.600. The zero-order chi connectivity index (χ0) is 19.2. The summed E-state index contributed by atoms with van der Waals surface area (Å²) in [6.45, 7) is 1.61. The lowest BCUT2D eigenvalue weighted by atomic mass is 9.86. The molecule has 7 heteroatoms. The summed E-state index contributed by atoms with van der Waals surface area (Å²) >= 11 is 0. The molecule has 0 bridgehead atoms. The molecule has 0 spiro atoms. The molecular weight excluding hydrogens is 348 g/mol. The molecule has 27 heavy (non-hydrogen) atoms. The van der Waals surface area contributed by atoms with E-state index in [2.05, 4.69) is 10.6 Å². The molecule has 3 N–H and O–H groups in total. The first kappa shape index (κ1) is 19.5. The van der Waals surface area contributed by atoms with Gasteiger partial charge in [-0.3, -0.25) is 9.59 Å². The molecule has 1 aromatic carbocycles. The number of carbonyl (C=O) groups excluding carboxylic acids is 2. The van der Waals surface area contributed by atoms with Crippen LogP contribution in [0.3, 0.4) is 0 Å². The average Bonchev–Trinajstić information content (AvgIpc) is 2.65. The molecule has 1 saturated heterocycles. The Kier molecular flexibility index (Phi) is 6.55. The van der Waals surface area contributed by atoms with E-state index in [1.54, 1.807) is 6.07 Å². The summed E-state index contributed by atoms with van der Waals surface area (Å²) in [6, 6.07) is 4.55. The highest BCUT2D eigenvalue weighted by Crippen LogP contribution is 2.26. The van der Waals surface area contributed by atoms with E-state index in [0.29, 0.717) is 36.5 Å². The standard InChI is InChI=1S/C20H28N2O5/c1-26-18-6-5-16(23)11-17(18)20(25)22-15-9-14(10-15)21-19(24)7-4-13-3-2-8-27-12-13/h5-6,11,13-15,23H,2-4,7-10,12H2,1H3,(H,21,24)(H,22,25). The van der Waals surface area contributed by atoms with Gasteiger partial charge in [-0.15, -0.1) is 0 Å². The monoisotopic (exact) mass is 376 g/mol. The number of aromatic hydroxyl groups is 1. The molecule has 0 radical (unpaired) electrons. The summed E-state index contributed by atoms with van der Waals surface area (Å²) in [5.41, 5.74) is 0.305. The van der Waals surface area contributed by atoms with Gasteiger partial charge >= 0.3 is 0 Å². The second-order valence-electron chi connectivity index (χ2n) is 7.41. The smallest absolute Gasteiger partial charge is 0.255 e. The van der Waals surface area contributed by atoms with E-state index in [0.717, 1.165) is 32.5 Å². The van der Waals surface area contributed by atoms with Crippen molar-refractivity contribution in [3.8, 4) is 11.5 Å². The quantitative estimate of drug-likeness (QED) is 0.676. The predicted molar refractivity (Wildman–Crippen MR) is 99.9 cm³/mol. The van der Waals surface area contributed by atoms with Crippen molar-refractivity contribution in [1.29, 1.82) is 0 Å². The first-order valence-corrected chi connectivity index (χ1v) is 9.60. The van der Waals surface area contributed by atoms with Crippen LogP contribution < -0.4 is 15.4 Å². The zero-order valence-electron chi connectivity index (χ0n) is 15.7. The number of carbonyl (C=O) groups is 2. The summed E-state index contributed by atoms with van der Waals surface area (Å²) in [5.74, 6) is 0.722. The van der Waals surface area contributed by atoms with E-state index in [1.165, 1.54) is 19.2 Å². The fourth-order valence-electron chi connectivity index (χ4n) is 3.66. The predicted octanol–water partition coefficient (Wildman–Crippen LogP) is 1.98. The minimum atomic E-state index is -0.283. The minimum Gasteiger partial charge on any atom is -0.508 e. The Morgan fingerprint density at radius 2 is 2.04 bits per heavy atom. The molecule has 3 rings (SSSR count). The van der Waals surface area contributed by atoms with Crippen LogP contribution in [0.25, 0.3) is 0 Å². The number of amides is 2. The van der Waals surface area contributed by atoms with Crippen LogP contribution in [0, 0.1) is 5.92 Å². The van der Waals surface area contributed by atoms with Crippen molar-refractivity contribution in [2.24, 2.45) is 5.92 Å². The summed E-state index contributed by atoms with van der Waals surface area (Å²) < 4.78 is 10.6. The molecule has 1 aromatic rings. The molecule has 2 fully saturated rings. The van der Waals surface area contributed by atoms with Gasteiger partial charge in [0.1, 0.15) is 11.5 Å². The van der Waals surface area contributed by atoms with Crippen LogP contribution in [-0.2, 0) is 9.53 Å². The Morgan fingerprint density at radius 1 is 1.26 bits per heavy atom. The first-order chi connectivity index (χ1) is 13.0. The molecule has 1 unspecified atom stereocenters. The SMILES string of the molecule is COc1ccc(O)cc1C(=O)NC1CC(NC(=O)CCC2CCCOC2)C1. The number of benzene rings is 1. The third-order valence-electron chi connectivity index (χ3n) is 5.30. The maximum absolute atomic E-state index is 12.4. The van der Waals surface area contributed by atoms with E-state index in [9.17, 15) is 14.7 Å². The summed E-state index contributed by atoms with van der Waals surface area (Å²) in [6.07, 6.45) is 5.05. The number of hydrogen-bond donors (Lipinski definition) is 3. The van der Waals surface area contributed by atoms with Gasteiger partial charge in [0.15, 0.2) is 0 Å². The van der Waals surface area contributed by atoms with E-state index in [1.807, 2.05) is 0 Å². The molecule has 1 atom stereocenters.